The van der Waals surface area contributed by atoms with E-state index in [1.165, 1.54) is 18.2 Å². The highest BCUT2D eigenvalue weighted by atomic mass is 19.1. The van der Waals surface area contributed by atoms with Crippen LogP contribution in [0.15, 0.2) is 66.7 Å². The minimum Gasteiger partial charge on any atom is -0.394 e. The third kappa shape index (κ3) is 6.13. The van der Waals surface area contributed by atoms with E-state index in [0.29, 0.717) is 6.54 Å². The standard InChI is InChI=1S/C22H24FN3O4/c23-17-8-4-5-9-18(17)25-22(29)26-19-11-10-16(30-20(19)14-27)12-21(28)24-13-15-6-2-1-3-7-15/h1-11,16,19-20,27H,12-14H2,(H,24,28)(H2,25,26,29)/t16-,19+,20+/m0/s1. The van der Waals surface area contributed by atoms with Crippen LogP contribution in [0.1, 0.15) is 12.0 Å². The number of benzene rings is 2. The molecule has 0 saturated carbocycles. The molecule has 0 aromatic heterocycles. The number of rotatable bonds is 7. The first kappa shape index (κ1) is 21.5. The number of amides is 3. The van der Waals surface area contributed by atoms with E-state index in [2.05, 4.69) is 16.0 Å². The van der Waals surface area contributed by atoms with E-state index in [4.69, 9.17) is 4.74 Å². The van der Waals surface area contributed by atoms with Crippen molar-refractivity contribution in [2.75, 3.05) is 11.9 Å². The zero-order valence-corrected chi connectivity index (χ0v) is 16.3. The van der Waals surface area contributed by atoms with Crippen molar-refractivity contribution >= 4 is 17.6 Å². The topological polar surface area (TPSA) is 99.7 Å². The minimum atomic E-state index is -0.728. The third-order valence-corrected chi connectivity index (χ3v) is 4.60. The Morgan fingerprint density at radius 3 is 2.50 bits per heavy atom. The van der Waals surface area contributed by atoms with Crippen molar-refractivity contribution in [1.82, 2.24) is 10.6 Å². The fourth-order valence-corrected chi connectivity index (χ4v) is 3.06. The highest BCUT2D eigenvalue weighted by molar-refractivity contribution is 5.89. The van der Waals surface area contributed by atoms with Gasteiger partial charge >= 0.3 is 6.03 Å². The highest BCUT2D eigenvalue weighted by Crippen LogP contribution is 2.17. The summed E-state index contributed by atoms with van der Waals surface area (Å²) in [6.07, 6.45) is 2.18. The fourth-order valence-electron chi connectivity index (χ4n) is 3.06. The number of urea groups is 1. The lowest BCUT2D eigenvalue weighted by molar-refractivity contribution is -0.125. The molecule has 0 bridgehead atoms. The molecule has 2 aromatic rings. The summed E-state index contributed by atoms with van der Waals surface area (Å²) in [7, 11) is 0. The van der Waals surface area contributed by atoms with Gasteiger partial charge in [-0.2, -0.15) is 0 Å². The molecule has 0 spiro atoms. The molecule has 1 aliphatic rings. The van der Waals surface area contributed by atoms with Gasteiger partial charge in [0.1, 0.15) is 11.9 Å². The number of para-hydroxylation sites is 1. The average molecular weight is 413 g/mol. The molecule has 2 aromatic carbocycles. The van der Waals surface area contributed by atoms with Crippen LogP contribution in [0.4, 0.5) is 14.9 Å². The number of carbonyl (C=O) groups excluding carboxylic acids is 2. The molecule has 1 heterocycles. The first-order chi connectivity index (χ1) is 14.5. The Hall–Kier alpha value is -3.23. The number of hydrogen-bond acceptors (Lipinski definition) is 4. The first-order valence-corrected chi connectivity index (χ1v) is 9.62. The van der Waals surface area contributed by atoms with Crippen LogP contribution in [0.25, 0.3) is 0 Å². The summed E-state index contributed by atoms with van der Waals surface area (Å²) >= 11 is 0. The Bertz CT molecular complexity index is 891. The van der Waals surface area contributed by atoms with E-state index < -0.39 is 30.1 Å². The second-order valence-corrected chi connectivity index (χ2v) is 6.85. The molecule has 0 unspecified atom stereocenters. The number of anilines is 1. The Labute approximate surface area is 173 Å². The summed E-state index contributed by atoms with van der Waals surface area (Å²) in [5, 5.41) is 17.5. The largest absolute Gasteiger partial charge is 0.394 e. The van der Waals surface area contributed by atoms with Crippen LogP contribution in [-0.2, 0) is 16.1 Å². The van der Waals surface area contributed by atoms with Crippen molar-refractivity contribution in [1.29, 1.82) is 0 Å². The molecule has 0 aliphatic carbocycles. The summed E-state index contributed by atoms with van der Waals surface area (Å²) in [6.45, 7) is 0.0665. The quantitative estimate of drug-likeness (QED) is 0.524. The molecule has 0 fully saturated rings. The first-order valence-electron chi connectivity index (χ1n) is 9.62. The van der Waals surface area contributed by atoms with Crippen molar-refractivity contribution in [2.45, 2.75) is 31.2 Å². The maximum atomic E-state index is 13.7. The van der Waals surface area contributed by atoms with Crippen LogP contribution in [-0.4, -0.2) is 41.9 Å². The van der Waals surface area contributed by atoms with Gasteiger partial charge in [0, 0.05) is 6.54 Å². The van der Waals surface area contributed by atoms with Gasteiger partial charge in [0.25, 0.3) is 0 Å². The second-order valence-electron chi connectivity index (χ2n) is 6.85. The molecular weight excluding hydrogens is 389 g/mol. The maximum Gasteiger partial charge on any atom is 0.319 e. The Morgan fingerprint density at radius 2 is 1.77 bits per heavy atom. The highest BCUT2D eigenvalue weighted by Gasteiger charge is 2.29. The minimum absolute atomic E-state index is 0.0456. The number of hydrogen-bond donors (Lipinski definition) is 4. The number of ether oxygens (including phenoxy) is 1. The van der Waals surface area contributed by atoms with E-state index in [0.717, 1.165) is 5.56 Å². The molecule has 1 aliphatic heterocycles. The monoisotopic (exact) mass is 413 g/mol. The lowest BCUT2D eigenvalue weighted by atomic mass is 10.0. The molecule has 3 amide bonds. The van der Waals surface area contributed by atoms with E-state index in [1.807, 2.05) is 30.3 Å². The van der Waals surface area contributed by atoms with Gasteiger partial charge in [0.2, 0.25) is 5.91 Å². The van der Waals surface area contributed by atoms with E-state index >= 15 is 0 Å². The number of aliphatic hydroxyl groups excluding tert-OH is 1. The maximum absolute atomic E-state index is 13.7. The van der Waals surface area contributed by atoms with Gasteiger partial charge in [-0.15, -0.1) is 0 Å². The van der Waals surface area contributed by atoms with Crippen molar-refractivity contribution in [3.8, 4) is 0 Å². The summed E-state index contributed by atoms with van der Waals surface area (Å²) in [6, 6.07) is 14.1. The summed E-state index contributed by atoms with van der Waals surface area (Å²) in [5.74, 6) is -0.739. The Kier molecular flexibility index (Phi) is 7.53. The summed E-state index contributed by atoms with van der Waals surface area (Å²) in [5.41, 5.74) is 1.04. The van der Waals surface area contributed by atoms with Gasteiger partial charge in [-0.05, 0) is 17.7 Å². The second kappa shape index (κ2) is 10.5. The van der Waals surface area contributed by atoms with Crippen molar-refractivity contribution in [3.63, 3.8) is 0 Å². The molecule has 30 heavy (non-hydrogen) atoms. The normalized spacial score (nSPS) is 20.4. The van der Waals surface area contributed by atoms with Crippen molar-refractivity contribution in [2.24, 2.45) is 0 Å². The lowest BCUT2D eigenvalue weighted by Gasteiger charge is -2.31. The van der Waals surface area contributed by atoms with Crippen molar-refractivity contribution < 1.29 is 23.8 Å². The zero-order chi connectivity index (χ0) is 21.3. The van der Waals surface area contributed by atoms with Crippen LogP contribution in [0, 0.1) is 5.82 Å². The number of nitrogens with one attached hydrogen (secondary N) is 3. The van der Waals surface area contributed by atoms with Crippen LogP contribution in [0.3, 0.4) is 0 Å². The molecule has 158 valence electrons. The Morgan fingerprint density at radius 1 is 1.03 bits per heavy atom. The fraction of sp³-hybridized carbons (Fsp3) is 0.273. The van der Waals surface area contributed by atoms with Gasteiger partial charge in [0.05, 0.1) is 30.9 Å². The van der Waals surface area contributed by atoms with Gasteiger partial charge in [0.15, 0.2) is 0 Å². The number of aliphatic hydroxyl groups is 1. The molecule has 3 atom stereocenters. The molecule has 0 radical (unpaired) electrons. The molecule has 3 rings (SSSR count). The lowest BCUT2D eigenvalue weighted by Crippen LogP contribution is -2.50. The Balaban J connectivity index is 1.50. The predicted octanol–water partition coefficient (Wildman–Crippen LogP) is 2.34. The van der Waals surface area contributed by atoms with Crippen LogP contribution in [0.2, 0.25) is 0 Å². The number of halogens is 1. The smallest absolute Gasteiger partial charge is 0.319 e. The van der Waals surface area contributed by atoms with Gasteiger partial charge in [-0.3, -0.25) is 4.79 Å². The number of carbonyl (C=O) groups is 2. The molecule has 7 nitrogen and oxygen atoms in total. The van der Waals surface area contributed by atoms with Gasteiger partial charge in [-0.1, -0.05) is 54.6 Å². The molecule has 8 heteroatoms. The van der Waals surface area contributed by atoms with E-state index in [9.17, 15) is 19.1 Å². The van der Waals surface area contributed by atoms with E-state index in [-0.39, 0.29) is 24.6 Å². The third-order valence-electron chi connectivity index (χ3n) is 4.60. The molecular formula is C22H24FN3O4. The predicted molar refractivity (Wildman–Crippen MR) is 110 cm³/mol. The zero-order valence-electron chi connectivity index (χ0n) is 16.3. The van der Waals surface area contributed by atoms with Crippen molar-refractivity contribution in [3.05, 3.63) is 78.1 Å². The molecule has 0 saturated heterocycles. The van der Waals surface area contributed by atoms with E-state index in [1.54, 1.807) is 18.2 Å². The summed E-state index contributed by atoms with van der Waals surface area (Å²) in [4.78, 5) is 24.3. The van der Waals surface area contributed by atoms with Gasteiger partial charge in [-0.25, -0.2) is 9.18 Å². The average Bonchev–Trinajstić information content (AvgIpc) is 2.75. The van der Waals surface area contributed by atoms with Crippen LogP contribution >= 0.6 is 0 Å². The van der Waals surface area contributed by atoms with Gasteiger partial charge < -0.3 is 25.8 Å². The SMILES string of the molecule is O=C(C[C@@H]1C=C[C@@H](NC(=O)Nc2ccccc2F)[C@@H](CO)O1)NCc1ccccc1. The van der Waals surface area contributed by atoms with Crippen LogP contribution < -0.4 is 16.0 Å². The molecule has 4 N–H and O–H groups in total. The summed E-state index contributed by atoms with van der Waals surface area (Å²) < 4.78 is 19.4. The van der Waals surface area contributed by atoms with Crippen LogP contribution in [0.5, 0.6) is 0 Å².